The smallest absolute Gasteiger partial charge is 0.0900 e. The highest BCUT2D eigenvalue weighted by Crippen LogP contribution is 2.11. The minimum atomic E-state index is -0.421. The van der Waals surface area contributed by atoms with Gasteiger partial charge < -0.3 is 15.2 Å². The highest BCUT2D eigenvalue weighted by molar-refractivity contribution is 5.13. The van der Waals surface area contributed by atoms with Crippen LogP contribution in [-0.4, -0.2) is 54.9 Å². The van der Waals surface area contributed by atoms with Gasteiger partial charge in [-0.3, -0.25) is 4.90 Å². The van der Waals surface area contributed by atoms with Crippen LogP contribution in [0.4, 0.5) is 0 Å². The molecule has 1 heterocycles. The molecule has 1 aromatic rings. The first-order valence-electron chi connectivity index (χ1n) is 8.04. The number of hydrogen-bond acceptors (Lipinski definition) is 4. The van der Waals surface area contributed by atoms with Crippen molar-refractivity contribution in [3.05, 3.63) is 35.9 Å². The van der Waals surface area contributed by atoms with Crippen LogP contribution >= 0.6 is 0 Å². The Bertz CT molecular complexity index is 380. The molecule has 0 spiro atoms. The van der Waals surface area contributed by atoms with Gasteiger partial charge in [-0.2, -0.15) is 0 Å². The Morgan fingerprint density at radius 2 is 2.19 bits per heavy atom. The van der Waals surface area contributed by atoms with E-state index in [0.717, 1.165) is 25.2 Å². The second kappa shape index (κ2) is 9.15. The fourth-order valence-corrected chi connectivity index (χ4v) is 2.89. The van der Waals surface area contributed by atoms with Crippen LogP contribution in [0.3, 0.4) is 0 Å². The largest absolute Gasteiger partial charge is 0.389 e. The van der Waals surface area contributed by atoms with Gasteiger partial charge in [0.25, 0.3) is 0 Å². The number of nitrogens with one attached hydrogen (secondary N) is 1. The number of aliphatic hydroxyl groups excluding tert-OH is 1. The van der Waals surface area contributed by atoms with Gasteiger partial charge in [-0.15, -0.1) is 0 Å². The molecule has 4 nitrogen and oxygen atoms in total. The summed E-state index contributed by atoms with van der Waals surface area (Å²) in [6.45, 7) is 6.94. The van der Waals surface area contributed by atoms with Crippen LogP contribution in [0, 0.1) is 0 Å². The highest BCUT2D eigenvalue weighted by Gasteiger charge is 2.21. The molecule has 1 fully saturated rings. The minimum Gasteiger partial charge on any atom is -0.389 e. The van der Waals surface area contributed by atoms with Crippen LogP contribution in [0.15, 0.2) is 30.3 Å². The fourth-order valence-electron chi connectivity index (χ4n) is 2.89. The molecule has 0 saturated carbocycles. The van der Waals surface area contributed by atoms with Crippen molar-refractivity contribution in [1.29, 1.82) is 0 Å². The van der Waals surface area contributed by atoms with Gasteiger partial charge in [0.2, 0.25) is 0 Å². The first-order valence-corrected chi connectivity index (χ1v) is 8.04. The Kier molecular flexibility index (Phi) is 7.16. The lowest BCUT2D eigenvalue weighted by molar-refractivity contribution is 0.00131. The zero-order valence-electron chi connectivity index (χ0n) is 13.0. The Hall–Kier alpha value is -0.940. The zero-order chi connectivity index (χ0) is 14.9. The van der Waals surface area contributed by atoms with E-state index in [1.807, 2.05) is 30.3 Å². The van der Waals surface area contributed by atoms with E-state index in [9.17, 15) is 5.11 Å². The Balaban J connectivity index is 1.68. The van der Waals surface area contributed by atoms with Gasteiger partial charge in [-0.25, -0.2) is 0 Å². The molecule has 0 aromatic heterocycles. The molecule has 0 aliphatic carbocycles. The molecule has 4 heteroatoms. The molecule has 1 saturated heterocycles. The number of benzene rings is 1. The predicted molar refractivity (Wildman–Crippen MR) is 85.2 cm³/mol. The lowest BCUT2D eigenvalue weighted by Gasteiger charge is -2.35. The average molecular weight is 292 g/mol. The summed E-state index contributed by atoms with van der Waals surface area (Å²) in [7, 11) is 0. The second-order valence-corrected chi connectivity index (χ2v) is 5.74. The summed E-state index contributed by atoms with van der Waals surface area (Å²) in [6, 6.07) is 10.6. The molecule has 1 aliphatic rings. The van der Waals surface area contributed by atoms with Crippen LogP contribution < -0.4 is 5.32 Å². The van der Waals surface area contributed by atoms with E-state index < -0.39 is 6.10 Å². The van der Waals surface area contributed by atoms with Gasteiger partial charge in [-0.05, 0) is 31.5 Å². The number of aliphatic hydroxyl groups is 1. The number of piperidine rings is 1. The summed E-state index contributed by atoms with van der Waals surface area (Å²) in [5.74, 6) is 0. The van der Waals surface area contributed by atoms with Crippen LogP contribution in [0.25, 0.3) is 0 Å². The van der Waals surface area contributed by atoms with E-state index in [1.165, 1.54) is 12.8 Å². The van der Waals surface area contributed by atoms with Crippen molar-refractivity contribution in [3.8, 4) is 0 Å². The number of nitrogens with zero attached hydrogens (tertiary/aromatic N) is 1. The average Bonchev–Trinajstić information content (AvgIpc) is 2.54. The maximum absolute atomic E-state index is 10.2. The molecule has 0 radical (unpaired) electrons. The quantitative estimate of drug-likeness (QED) is 0.764. The molecule has 0 bridgehead atoms. The second-order valence-electron chi connectivity index (χ2n) is 5.74. The van der Waals surface area contributed by atoms with Crippen LogP contribution in [0.5, 0.6) is 0 Å². The SMILES string of the molecule is CCN(CC(O)COCc1ccccc1)C1CCCNC1. The fraction of sp³-hybridized carbons (Fsp3) is 0.647. The maximum atomic E-state index is 10.2. The Morgan fingerprint density at radius 1 is 1.38 bits per heavy atom. The van der Waals surface area contributed by atoms with Crippen molar-refractivity contribution in [2.24, 2.45) is 0 Å². The molecule has 21 heavy (non-hydrogen) atoms. The van der Waals surface area contributed by atoms with Crippen molar-refractivity contribution in [1.82, 2.24) is 10.2 Å². The van der Waals surface area contributed by atoms with E-state index in [1.54, 1.807) is 0 Å². The van der Waals surface area contributed by atoms with Crippen molar-refractivity contribution in [2.45, 2.75) is 38.5 Å². The number of rotatable bonds is 8. The molecule has 2 unspecified atom stereocenters. The topological polar surface area (TPSA) is 44.7 Å². The third kappa shape index (κ3) is 5.75. The molecule has 2 rings (SSSR count). The number of hydrogen-bond donors (Lipinski definition) is 2. The first-order chi connectivity index (χ1) is 10.3. The van der Waals surface area contributed by atoms with Crippen molar-refractivity contribution in [3.63, 3.8) is 0 Å². The van der Waals surface area contributed by atoms with E-state index in [-0.39, 0.29) is 0 Å². The van der Waals surface area contributed by atoms with Gasteiger partial charge in [0.05, 0.1) is 19.3 Å². The predicted octanol–water partition coefficient (Wildman–Crippen LogP) is 1.64. The Morgan fingerprint density at radius 3 is 2.86 bits per heavy atom. The highest BCUT2D eigenvalue weighted by atomic mass is 16.5. The molecular weight excluding hydrogens is 264 g/mol. The van der Waals surface area contributed by atoms with E-state index >= 15 is 0 Å². The van der Waals surface area contributed by atoms with Gasteiger partial charge in [0, 0.05) is 19.1 Å². The summed E-state index contributed by atoms with van der Waals surface area (Å²) in [5, 5.41) is 13.6. The van der Waals surface area contributed by atoms with Gasteiger partial charge in [0.15, 0.2) is 0 Å². The maximum Gasteiger partial charge on any atom is 0.0900 e. The molecule has 2 atom stereocenters. The minimum absolute atomic E-state index is 0.394. The summed E-state index contributed by atoms with van der Waals surface area (Å²) in [4.78, 5) is 2.36. The first kappa shape index (κ1) is 16.4. The number of ether oxygens (including phenoxy) is 1. The van der Waals surface area contributed by atoms with Crippen LogP contribution in [-0.2, 0) is 11.3 Å². The third-order valence-corrected chi connectivity index (χ3v) is 4.06. The lowest BCUT2D eigenvalue weighted by atomic mass is 10.1. The summed E-state index contributed by atoms with van der Waals surface area (Å²) < 4.78 is 5.62. The molecule has 0 amide bonds. The van der Waals surface area contributed by atoms with Crippen molar-refractivity contribution >= 4 is 0 Å². The van der Waals surface area contributed by atoms with Crippen molar-refractivity contribution in [2.75, 3.05) is 32.8 Å². The van der Waals surface area contributed by atoms with E-state index in [2.05, 4.69) is 17.1 Å². The third-order valence-electron chi connectivity index (χ3n) is 4.06. The Labute approximate surface area is 128 Å². The molecule has 1 aromatic carbocycles. The lowest BCUT2D eigenvalue weighted by Crippen LogP contribution is -2.49. The normalized spacial score (nSPS) is 20.6. The van der Waals surface area contributed by atoms with Gasteiger partial charge >= 0.3 is 0 Å². The molecular formula is C17H28N2O2. The zero-order valence-corrected chi connectivity index (χ0v) is 13.0. The molecule has 1 aliphatic heterocycles. The summed E-state index contributed by atoms with van der Waals surface area (Å²) in [6.07, 6.45) is 2.02. The number of likely N-dealkylation sites (N-methyl/N-ethyl adjacent to an activating group) is 1. The van der Waals surface area contributed by atoms with E-state index in [4.69, 9.17) is 4.74 Å². The van der Waals surface area contributed by atoms with Crippen LogP contribution in [0.2, 0.25) is 0 Å². The molecule has 118 valence electrons. The standard InChI is InChI=1S/C17H28N2O2/c1-2-19(16-9-6-10-18-11-16)12-17(20)14-21-13-15-7-4-3-5-8-15/h3-5,7-8,16-18,20H,2,6,9-14H2,1H3. The monoisotopic (exact) mass is 292 g/mol. The van der Waals surface area contributed by atoms with E-state index in [0.29, 0.717) is 25.8 Å². The summed E-state index contributed by atoms with van der Waals surface area (Å²) in [5.41, 5.74) is 1.15. The van der Waals surface area contributed by atoms with Gasteiger partial charge in [-0.1, -0.05) is 37.3 Å². The van der Waals surface area contributed by atoms with Gasteiger partial charge in [0.1, 0.15) is 0 Å². The van der Waals surface area contributed by atoms with Crippen molar-refractivity contribution < 1.29 is 9.84 Å². The van der Waals surface area contributed by atoms with Crippen LogP contribution in [0.1, 0.15) is 25.3 Å². The molecule has 2 N–H and O–H groups in total. The summed E-state index contributed by atoms with van der Waals surface area (Å²) >= 11 is 0.